The Kier molecular flexibility index (Phi) is 4.80. The van der Waals surface area contributed by atoms with E-state index in [9.17, 15) is 4.79 Å². The molecule has 4 rings (SSSR count). The number of hydrogen-bond acceptors (Lipinski definition) is 6. The van der Waals surface area contributed by atoms with Crippen LogP contribution in [0.2, 0.25) is 0 Å². The normalized spacial score (nSPS) is 12.3. The van der Waals surface area contributed by atoms with Gasteiger partial charge < -0.3 is 19.5 Å². The molecule has 0 atom stereocenters. The lowest BCUT2D eigenvalue weighted by atomic mass is 10.1. The molecule has 0 unspecified atom stereocenters. The summed E-state index contributed by atoms with van der Waals surface area (Å²) < 4.78 is 16.4. The summed E-state index contributed by atoms with van der Waals surface area (Å²) in [6.07, 6.45) is 0. The standard InChI is InChI=1S/C19H17N3O4S/c1-24-15-5-3-2-4-13(15)20-18(23)22-19-21-14(11-27-19)12-6-7-16-17(10-12)26-9-8-25-16/h2-7,10-11H,8-9H2,1H3,(H2,20,21,22,23). The molecule has 0 saturated carbocycles. The van der Waals surface area contributed by atoms with Gasteiger partial charge in [-0.25, -0.2) is 9.78 Å². The summed E-state index contributed by atoms with van der Waals surface area (Å²) in [6.45, 7) is 1.09. The van der Waals surface area contributed by atoms with Crippen LogP contribution < -0.4 is 24.8 Å². The highest BCUT2D eigenvalue weighted by Crippen LogP contribution is 2.35. The zero-order chi connectivity index (χ0) is 18.6. The Labute approximate surface area is 159 Å². The largest absolute Gasteiger partial charge is 0.495 e. The summed E-state index contributed by atoms with van der Waals surface area (Å²) in [5, 5.41) is 7.87. The van der Waals surface area contributed by atoms with Crippen molar-refractivity contribution in [1.82, 2.24) is 4.98 Å². The molecule has 0 fully saturated rings. The molecule has 138 valence electrons. The number of nitrogens with zero attached hydrogens (tertiary/aromatic N) is 1. The highest BCUT2D eigenvalue weighted by molar-refractivity contribution is 7.14. The van der Waals surface area contributed by atoms with Crippen LogP contribution in [0.4, 0.5) is 15.6 Å². The average molecular weight is 383 g/mol. The van der Waals surface area contributed by atoms with Gasteiger partial charge >= 0.3 is 6.03 Å². The van der Waals surface area contributed by atoms with Gasteiger partial charge in [-0.15, -0.1) is 11.3 Å². The Morgan fingerprint density at radius 1 is 1.11 bits per heavy atom. The predicted molar refractivity (Wildman–Crippen MR) is 104 cm³/mol. The van der Waals surface area contributed by atoms with Gasteiger partial charge in [0.25, 0.3) is 0 Å². The average Bonchev–Trinajstić information content (AvgIpc) is 3.16. The van der Waals surface area contributed by atoms with Gasteiger partial charge in [-0.05, 0) is 30.3 Å². The third-order valence-electron chi connectivity index (χ3n) is 3.92. The number of fused-ring (bicyclic) bond motifs is 1. The van der Waals surface area contributed by atoms with Gasteiger partial charge in [-0.2, -0.15) is 0 Å². The molecule has 0 radical (unpaired) electrons. The number of aromatic nitrogens is 1. The number of thiazole rings is 1. The predicted octanol–water partition coefficient (Wildman–Crippen LogP) is 4.23. The zero-order valence-electron chi connectivity index (χ0n) is 14.5. The molecule has 0 aliphatic carbocycles. The summed E-state index contributed by atoms with van der Waals surface area (Å²) in [6, 6.07) is 12.5. The van der Waals surface area contributed by atoms with Crippen molar-refractivity contribution in [2.24, 2.45) is 0 Å². The molecule has 0 saturated heterocycles. The maximum atomic E-state index is 12.2. The Hall–Kier alpha value is -3.26. The Morgan fingerprint density at radius 3 is 2.78 bits per heavy atom. The lowest BCUT2D eigenvalue weighted by molar-refractivity contribution is 0.171. The second kappa shape index (κ2) is 7.55. The van der Waals surface area contributed by atoms with Crippen LogP contribution in [0.25, 0.3) is 11.3 Å². The number of rotatable bonds is 4. The van der Waals surface area contributed by atoms with Crippen molar-refractivity contribution in [2.45, 2.75) is 0 Å². The summed E-state index contributed by atoms with van der Waals surface area (Å²) >= 11 is 1.34. The third kappa shape index (κ3) is 3.80. The molecule has 2 N–H and O–H groups in total. The molecular formula is C19H17N3O4S. The van der Waals surface area contributed by atoms with Gasteiger partial charge in [0.1, 0.15) is 19.0 Å². The lowest BCUT2D eigenvalue weighted by Gasteiger charge is -2.18. The van der Waals surface area contributed by atoms with Crippen molar-refractivity contribution in [2.75, 3.05) is 31.0 Å². The fraction of sp³-hybridized carbons (Fsp3) is 0.158. The van der Waals surface area contributed by atoms with Crippen molar-refractivity contribution in [1.29, 1.82) is 0 Å². The monoisotopic (exact) mass is 383 g/mol. The first-order valence-electron chi connectivity index (χ1n) is 8.29. The molecule has 1 aliphatic heterocycles. The van der Waals surface area contributed by atoms with Crippen LogP contribution in [-0.2, 0) is 0 Å². The van der Waals surface area contributed by atoms with Crippen LogP contribution in [0, 0.1) is 0 Å². The molecule has 27 heavy (non-hydrogen) atoms. The first kappa shape index (κ1) is 17.2. The quantitative estimate of drug-likeness (QED) is 0.704. The number of para-hydroxylation sites is 2. The second-order valence-corrected chi connectivity index (χ2v) is 6.53. The number of nitrogens with one attached hydrogen (secondary N) is 2. The Balaban J connectivity index is 1.46. The van der Waals surface area contributed by atoms with E-state index in [1.807, 2.05) is 35.7 Å². The SMILES string of the molecule is COc1ccccc1NC(=O)Nc1nc(-c2ccc3c(c2)OCCO3)cs1. The molecule has 3 aromatic rings. The molecule has 7 nitrogen and oxygen atoms in total. The van der Waals surface area contributed by atoms with E-state index in [0.29, 0.717) is 35.5 Å². The van der Waals surface area contributed by atoms with E-state index in [0.717, 1.165) is 17.0 Å². The van der Waals surface area contributed by atoms with Gasteiger partial charge in [0, 0.05) is 10.9 Å². The summed E-state index contributed by atoms with van der Waals surface area (Å²) in [7, 11) is 1.55. The van der Waals surface area contributed by atoms with Crippen molar-refractivity contribution in [3.8, 4) is 28.5 Å². The lowest BCUT2D eigenvalue weighted by Crippen LogP contribution is -2.19. The molecule has 2 amide bonds. The summed E-state index contributed by atoms with van der Waals surface area (Å²) in [5.74, 6) is 2.02. The maximum Gasteiger partial charge on any atom is 0.325 e. The highest BCUT2D eigenvalue weighted by atomic mass is 32.1. The number of methoxy groups -OCH3 is 1. The number of urea groups is 1. The smallest absolute Gasteiger partial charge is 0.325 e. The van der Waals surface area contributed by atoms with E-state index in [2.05, 4.69) is 15.6 Å². The molecule has 0 bridgehead atoms. The zero-order valence-corrected chi connectivity index (χ0v) is 15.3. The minimum absolute atomic E-state index is 0.387. The number of ether oxygens (including phenoxy) is 3. The van der Waals surface area contributed by atoms with E-state index >= 15 is 0 Å². The first-order chi connectivity index (χ1) is 13.2. The van der Waals surface area contributed by atoms with E-state index in [1.54, 1.807) is 19.2 Å². The number of anilines is 2. The molecule has 1 aliphatic rings. The van der Waals surface area contributed by atoms with E-state index in [4.69, 9.17) is 14.2 Å². The minimum Gasteiger partial charge on any atom is -0.495 e. The molecule has 8 heteroatoms. The van der Waals surface area contributed by atoms with Crippen LogP contribution in [0.1, 0.15) is 0 Å². The number of benzene rings is 2. The third-order valence-corrected chi connectivity index (χ3v) is 4.68. The molecule has 2 heterocycles. The van der Waals surface area contributed by atoms with Crippen molar-refractivity contribution in [3.63, 3.8) is 0 Å². The minimum atomic E-state index is -0.387. The van der Waals surface area contributed by atoms with E-state index in [1.165, 1.54) is 11.3 Å². The Morgan fingerprint density at radius 2 is 1.93 bits per heavy atom. The van der Waals surface area contributed by atoms with Gasteiger partial charge in [-0.3, -0.25) is 5.32 Å². The molecule has 0 spiro atoms. The topological polar surface area (TPSA) is 81.7 Å². The second-order valence-electron chi connectivity index (χ2n) is 5.68. The van der Waals surface area contributed by atoms with Crippen molar-refractivity contribution < 1.29 is 19.0 Å². The van der Waals surface area contributed by atoms with Gasteiger partial charge in [0.05, 0.1) is 18.5 Å². The van der Waals surface area contributed by atoms with Crippen LogP contribution in [0.3, 0.4) is 0 Å². The van der Waals surface area contributed by atoms with Crippen molar-refractivity contribution >= 4 is 28.2 Å². The first-order valence-corrected chi connectivity index (χ1v) is 9.17. The fourth-order valence-corrected chi connectivity index (χ4v) is 3.38. The van der Waals surface area contributed by atoms with E-state index in [-0.39, 0.29) is 6.03 Å². The van der Waals surface area contributed by atoms with Gasteiger partial charge in [-0.1, -0.05) is 12.1 Å². The van der Waals surface area contributed by atoms with Gasteiger partial charge in [0.15, 0.2) is 16.6 Å². The Bertz CT molecular complexity index is 973. The van der Waals surface area contributed by atoms with Crippen LogP contribution >= 0.6 is 11.3 Å². The van der Waals surface area contributed by atoms with Crippen molar-refractivity contribution in [3.05, 3.63) is 47.8 Å². The number of carbonyl (C=O) groups excluding carboxylic acids is 1. The highest BCUT2D eigenvalue weighted by Gasteiger charge is 2.15. The fourth-order valence-electron chi connectivity index (χ4n) is 2.67. The number of hydrogen-bond donors (Lipinski definition) is 2. The number of carbonyl (C=O) groups is 1. The summed E-state index contributed by atoms with van der Waals surface area (Å²) in [5.41, 5.74) is 2.24. The van der Waals surface area contributed by atoms with E-state index < -0.39 is 0 Å². The van der Waals surface area contributed by atoms with Crippen LogP contribution in [0.15, 0.2) is 47.8 Å². The van der Waals surface area contributed by atoms with Gasteiger partial charge in [0.2, 0.25) is 0 Å². The van der Waals surface area contributed by atoms with Crippen LogP contribution in [0.5, 0.6) is 17.2 Å². The summed E-state index contributed by atoms with van der Waals surface area (Å²) in [4.78, 5) is 16.7. The molecule has 2 aromatic carbocycles. The number of amides is 2. The maximum absolute atomic E-state index is 12.2. The molecule has 1 aromatic heterocycles. The molecular weight excluding hydrogens is 366 g/mol. The van der Waals surface area contributed by atoms with Crippen LogP contribution in [-0.4, -0.2) is 31.3 Å².